The van der Waals surface area contributed by atoms with E-state index in [0.29, 0.717) is 5.69 Å². The summed E-state index contributed by atoms with van der Waals surface area (Å²) in [6, 6.07) is 11.7. The van der Waals surface area contributed by atoms with Crippen molar-refractivity contribution in [2.45, 2.75) is 48.8 Å². The van der Waals surface area contributed by atoms with Gasteiger partial charge in [-0.1, -0.05) is 12.1 Å². The maximum Gasteiger partial charge on any atom is 0.264 e. The Morgan fingerprint density at radius 3 is 2.03 bits per heavy atom. The highest BCUT2D eigenvalue weighted by Crippen LogP contribution is 2.60. The largest absolute Gasteiger partial charge is 0.494 e. The van der Waals surface area contributed by atoms with E-state index in [4.69, 9.17) is 4.74 Å². The highest BCUT2D eigenvalue weighted by Gasteiger charge is 2.51. The number of anilines is 1. The molecule has 4 aliphatic carbocycles. The summed E-state index contributed by atoms with van der Waals surface area (Å²) in [4.78, 5) is -0.0894. The van der Waals surface area contributed by atoms with Crippen LogP contribution in [0.15, 0.2) is 47.4 Å². The lowest BCUT2D eigenvalue weighted by atomic mass is 9.48. The summed E-state index contributed by atoms with van der Waals surface area (Å²) in [7, 11) is -0.997. The Hall–Kier alpha value is -2.08. The summed E-state index contributed by atoms with van der Waals surface area (Å²) in [5, 5.41) is 0. The fourth-order valence-electron chi connectivity index (χ4n) is 6.59. The molecule has 160 valence electrons. The van der Waals surface area contributed by atoms with Crippen LogP contribution >= 0.6 is 0 Å². The third-order valence-corrected chi connectivity index (χ3v) is 9.44. The molecule has 4 saturated carbocycles. The molecule has 4 aliphatic rings. The van der Waals surface area contributed by atoms with Crippen molar-refractivity contribution >= 4 is 15.7 Å². The SMILES string of the molecule is COc1ccc(S(=O)(=O)N(C)c2ccc(C34CC5CC(CC(C5)C3)C4)cc2)cc1F. The van der Waals surface area contributed by atoms with Crippen molar-refractivity contribution in [2.75, 3.05) is 18.5 Å². The maximum absolute atomic E-state index is 14.1. The van der Waals surface area contributed by atoms with Crippen LogP contribution < -0.4 is 9.04 Å². The van der Waals surface area contributed by atoms with Gasteiger partial charge in [0.05, 0.1) is 17.7 Å². The third kappa shape index (κ3) is 3.11. The van der Waals surface area contributed by atoms with E-state index in [2.05, 4.69) is 12.1 Å². The standard InChI is InChI=1S/C24H28FNO3S/c1-26(30(27,28)21-7-8-23(29-2)22(25)12-21)20-5-3-19(4-6-20)24-13-16-9-17(14-24)11-18(10-16)15-24/h3-8,12,16-18H,9-11,13-15H2,1-2H3. The second-order valence-corrected chi connectivity index (χ2v) is 11.5. The van der Waals surface area contributed by atoms with Crippen LogP contribution in [0.1, 0.15) is 44.1 Å². The lowest BCUT2D eigenvalue weighted by Crippen LogP contribution is -2.48. The van der Waals surface area contributed by atoms with E-state index in [1.807, 2.05) is 12.1 Å². The van der Waals surface area contributed by atoms with Crippen molar-refractivity contribution in [1.82, 2.24) is 0 Å². The molecule has 0 heterocycles. The van der Waals surface area contributed by atoms with Crippen LogP contribution in [0.5, 0.6) is 5.75 Å². The van der Waals surface area contributed by atoms with Gasteiger partial charge in [-0.2, -0.15) is 0 Å². The van der Waals surface area contributed by atoms with Crippen LogP contribution in [0.3, 0.4) is 0 Å². The summed E-state index contributed by atoms with van der Waals surface area (Å²) in [5.74, 6) is 1.93. The molecule has 0 spiro atoms. The number of hydrogen-bond acceptors (Lipinski definition) is 3. The fraction of sp³-hybridized carbons (Fsp3) is 0.500. The molecule has 2 aromatic carbocycles. The second-order valence-electron chi connectivity index (χ2n) is 9.51. The van der Waals surface area contributed by atoms with Crippen molar-refractivity contribution in [3.8, 4) is 5.75 Å². The summed E-state index contributed by atoms with van der Waals surface area (Å²) < 4.78 is 46.2. The predicted molar refractivity (Wildman–Crippen MR) is 115 cm³/mol. The van der Waals surface area contributed by atoms with Gasteiger partial charge in [0.1, 0.15) is 0 Å². The number of hydrogen-bond donors (Lipinski definition) is 0. The van der Waals surface area contributed by atoms with Crippen molar-refractivity contribution in [3.05, 3.63) is 53.8 Å². The van der Waals surface area contributed by atoms with Gasteiger partial charge in [-0.25, -0.2) is 12.8 Å². The van der Waals surface area contributed by atoms with Crippen LogP contribution in [0, 0.1) is 23.6 Å². The molecule has 0 aromatic heterocycles. The lowest BCUT2D eigenvalue weighted by Gasteiger charge is -2.57. The van der Waals surface area contributed by atoms with Crippen LogP contribution in [-0.4, -0.2) is 22.6 Å². The fourth-order valence-corrected chi connectivity index (χ4v) is 7.80. The van der Waals surface area contributed by atoms with Gasteiger partial charge < -0.3 is 4.74 Å². The highest BCUT2D eigenvalue weighted by atomic mass is 32.2. The monoisotopic (exact) mass is 429 g/mol. The van der Waals surface area contributed by atoms with E-state index in [-0.39, 0.29) is 16.1 Å². The van der Waals surface area contributed by atoms with E-state index in [9.17, 15) is 12.8 Å². The van der Waals surface area contributed by atoms with Gasteiger partial charge in [-0.15, -0.1) is 0 Å². The first-order valence-electron chi connectivity index (χ1n) is 10.7. The minimum Gasteiger partial charge on any atom is -0.494 e. The third-order valence-electron chi connectivity index (χ3n) is 7.66. The molecule has 4 bridgehead atoms. The number of methoxy groups -OCH3 is 1. The van der Waals surface area contributed by atoms with E-state index < -0.39 is 15.8 Å². The van der Waals surface area contributed by atoms with Gasteiger partial charge in [0.25, 0.3) is 10.0 Å². The van der Waals surface area contributed by atoms with Crippen molar-refractivity contribution in [1.29, 1.82) is 0 Å². The average Bonchev–Trinajstić information content (AvgIpc) is 2.72. The molecule has 2 aromatic rings. The summed E-state index contributed by atoms with van der Waals surface area (Å²) in [5.41, 5.74) is 2.22. The Bertz CT molecular complexity index is 1030. The number of rotatable bonds is 5. The van der Waals surface area contributed by atoms with E-state index in [1.54, 1.807) is 0 Å². The van der Waals surface area contributed by atoms with Gasteiger partial charge in [0.15, 0.2) is 11.6 Å². The lowest BCUT2D eigenvalue weighted by molar-refractivity contribution is -0.00518. The first-order valence-corrected chi connectivity index (χ1v) is 12.2. The molecule has 0 radical (unpaired) electrons. The van der Waals surface area contributed by atoms with Gasteiger partial charge in [-0.3, -0.25) is 4.31 Å². The first-order chi connectivity index (χ1) is 14.3. The van der Waals surface area contributed by atoms with Gasteiger partial charge in [0.2, 0.25) is 0 Å². The zero-order valence-electron chi connectivity index (χ0n) is 17.5. The minimum absolute atomic E-state index is 0.0246. The smallest absolute Gasteiger partial charge is 0.264 e. The molecular weight excluding hydrogens is 401 g/mol. The normalized spacial score (nSPS) is 29.8. The van der Waals surface area contributed by atoms with E-state index in [1.165, 1.54) is 74.7 Å². The van der Waals surface area contributed by atoms with Crippen LogP contribution in [0.4, 0.5) is 10.1 Å². The molecule has 0 aliphatic heterocycles. The molecule has 4 fully saturated rings. The maximum atomic E-state index is 14.1. The molecule has 0 amide bonds. The van der Waals surface area contributed by atoms with Crippen LogP contribution in [-0.2, 0) is 15.4 Å². The second kappa shape index (κ2) is 6.98. The van der Waals surface area contributed by atoms with Gasteiger partial charge >= 0.3 is 0 Å². The van der Waals surface area contributed by atoms with Crippen molar-refractivity contribution in [2.24, 2.45) is 17.8 Å². The molecule has 6 rings (SSSR count). The molecule has 0 unspecified atom stereocenters. The molecule has 4 nitrogen and oxygen atoms in total. The highest BCUT2D eigenvalue weighted by molar-refractivity contribution is 7.92. The summed E-state index contributed by atoms with van der Waals surface area (Å²) in [6.45, 7) is 0. The Kier molecular flexibility index (Phi) is 4.62. The minimum atomic E-state index is -3.86. The van der Waals surface area contributed by atoms with Gasteiger partial charge in [-0.05, 0) is 97.6 Å². The first kappa shape index (κ1) is 19.9. The molecule has 0 atom stereocenters. The van der Waals surface area contributed by atoms with E-state index >= 15 is 0 Å². The molecular formula is C24H28FNO3S. The molecule has 0 saturated heterocycles. The van der Waals surface area contributed by atoms with Crippen LogP contribution in [0.2, 0.25) is 0 Å². The molecule has 6 heteroatoms. The van der Waals surface area contributed by atoms with Gasteiger partial charge in [0, 0.05) is 7.05 Å². The number of sulfonamides is 1. The summed E-state index contributed by atoms with van der Waals surface area (Å²) in [6.07, 6.45) is 8.02. The number of ether oxygens (including phenoxy) is 1. The van der Waals surface area contributed by atoms with Crippen LogP contribution in [0.25, 0.3) is 0 Å². The Balaban J connectivity index is 1.41. The average molecular weight is 430 g/mol. The summed E-state index contributed by atoms with van der Waals surface area (Å²) >= 11 is 0. The quantitative estimate of drug-likeness (QED) is 0.662. The van der Waals surface area contributed by atoms with Crippen molar-refractivity contribution < 1.29 is 17.5 Å². The number of halogens is 1. The van der Waals surface area contributed by atoms with E-state index in [0.717, 1.165) is 23.8 Å². The zero-order valence-corrected chi connectivity index (χ0v) is 18.3. The Labute approximate surface area is 178 Å². The zero-order chi connectivity index (χ0) is 21.1. The molecule has 30 heavy (non-hydrogen) atoms. The Morgan fingerprint density at radius 1 is 0.967 bits per heavy atom. The van der Waals surface area contributed by atoms with Crippen molar-refractivity contribution in [3.63, 3.8) is 0 Å². The number of nitrogens with zero attached hydrogens (tertiary/aromatic N) is 1. The topological polar surface area (TPSA) is 46.6 Å². The Morgan fingerprint density at radius 2 is 1.53 bits per heavy atom. The molecule has 0 N–H and O–H groups in total. The predicted octanol–water partition coefficient (Wildman–Crippen LogP) is 5.13. The number of benzene rings is 2.